The third-order valence-corrected chi connectivity index (χ3v) is 9.77. The van der Waals surface area contributed by atoms with Crippen LogP contribution in [0.4, 0.5) is 0 Å². The van der Waals surface area contributed by atoms with Gasteiger partial charge in [-0.25, -0.2) is 0 Å². The minimum atomic E-state index is -1.09. The molecular weight excluding hydrogens is 656 g/mol. The van der Waals surface area contributed by atoms with Gasteiger partial charge in [-0.15, -0.1) is 0 Å². The molecular formula is C40H38O11. The van der Waals surface area contributed by atoms with Crippen molar-refractivity contribution in [3.8, 4) is 51.7 Å². The summed E-state index contributed by atoms with van der Waals surface area (Å²) in [5.41, 5.74) is 2.06. The number of rotatable bonds is 7. The summed E-state index contributed by atoms with van der Waals surface area (Å²) in [7, 11) is 0. The van der Waals surface area contributed by atoms with Crippen LogP contribution in [-0.2, 0) is 6.42 Å². The molecule has 0 bridgehead atoms. The first-order valence-electron chi connectivity index (χ1n) is 16.4. The number of hydrogen-bond acceptors (Lipinski definition) is 11. The van der Waals surface area contributed by atoms with E-state index in [0.717, 1.165) is 11.6 Å². The van der Waals surface area contributed by atoms with Crippen molar-refractivity contribution >= 4 is 11.6 Å². The van der Waals surface area contributed by atoms with Crippen molar-refractivity contribution in [1.29, 1.82) is 0 Å². The van der Waals surface area contributed by atoms with E-state index >= 15 is 0 Å². The van der Waals surface area contributed by atoms with Crippen LogP contribution in [0.15, 0.2) is 77.9 Å². The Morgan fingerprint density at radius 2 is 1.49 bits per heavy atom. The van der Waals surface area contributed by atoms with Crippen LogP contribution in [0.5, 0.6) is 51.7 Å². The third kappa shape index (κ3) is 6.38. The number of carbonyl (C=O) groups excluding carboxylic acids is 2. The van der Waals surface area contributed by atoms with E-state index in [0.29, 0.717) is 11.1 Å². The number of allylic oxidation sites excluding steroid dienone is 4. The van der Waals surface area contributed by atoms with Gasteiger partial charge in [-0.2, -0.15) is 0 Å². The van der Waals surface area contributed by atoms with Gasteiger partial charge in [0.25, 0.3) is 0 Å². The first-order chi connectivity index (χ1) is 24.2. The maximum absolute atomic E-state index is 14.6. The van der Waals surface area contributed by atoms with Crippen LogP contribution in [0.2, 0.25) is 0 Å². The molecule has 4 unspecified atom stereocenters. The maximum Gasteiger partial charge on any atom is 0.174 e. The fourth-order valence-electron chi connectivity index (χ4n) is 7.19. The molecule has 4 aromatic rings. The zero-order valence-electron chi connectivity index (χ0n) is 28.1. The Labute approximate surface area is 293 Å². The summed E-state index contributed by atoms with van der Waals surface area (Å²) < 4.78 is 5.98. The summed E-state index contributed by atoms with van der Waals surface area (Å²) in [6, 6.07) is 11.7. The Balaban J connectivity index is 1.48. The fraction of sp³-hybridized carbons (Fsp3) is 0.250. The molecule has 0 saturated heterocycles. The molecule has 11 nitrogen and oxygen atoms in total. The summed E-state index contributed by atoms with van der Waals surface area (Å²) in [5.74, 6) is -6.31. The minimum Gasteiger partial charge on any atom is -0.508 e. The molecule has 1 heterocycles. The minimum absolute atomic E-state index is 0.0396. The van der Waals surface area contributed by atoms with E-state index in [1.165, 1.54) is 42.5 Å². The molecule has 11 heteroatoms. The van der Waals surface area contributed by atoms with Crippen LogP contribution >= 0.6 is 0 Å². The van der Waals surface area contributed by atoms with Gasteiger partial charge in [0.1, 0.15) is 63.4 Å². The number of phenolic OH excluding ortho intramolecular Hbond substituents is 8. The number of hydrogen-bond donors (Lipinski definition) is 8. The Kier molecular flexibility index (Phi) is 9.07. The Bertz CT molecular complexity index is 2140. The largest absolute Gasteiger partial charge is 0.508 e. The molecule has 6 rings (SSSR count). The molecule has 4 aromatic carbocycles. The second-order valence-electron chi connectivity index (χ2n) is 13.4. The van der Waals surface area contributed by atoms with Crippen LogP contribution in [0.1, 0.15) is 94.5 Å². The summed E-state index contributed by atoms with van der Waals surface area (Å²) in [4.78, 5) is 27.7. The predicted molar refractivity (Wildman–Crippen MR) is 186 cm³/mol. The summed E-state index contributed by atoms with van der Waals surface area (Å²) in [6.07, 6.45) is 2.31. The first-order valence-corrected chi connectivity index (χ1v) is 16.4. The van der Waals surface area contributed by atoms with E-state index in [4.69, 9.17) is 4.74 Å². The highest BCUT2D eigenvalue weighted by Gasteiger charge is 2.42. The summed E-state index contributed by atoms with van der Waals surface area (Å²) in [5, 5.41) is 86.1. The lowest BCUT2D eigenvalue weighted by molar-refractivity contribution is 0.0841. The van der Waals surface area contributed by atoms with Crippen LogP contribution in [0.3, 0.4) is 0 Å². The number of benzene rings is 4. The van der Waals surface area contributed by atoms with Crippen molar-refractivity contribution in [2.75, 3.05) is 0 Å². The molecule has 264 valence electrons. The van der Waals surface area contributed by atoms with Crippen molar-refractivity contribution in [3.63, 3.8) is 0 Å². The third-order valence-electron chi connectivity index (χ3n) is 9.77. The summed E-state index contributed by atoms with van der Waals surface area (Å²) in [6.45, 7) is 5.49. The van der Waals surface area contributed by atoms with Gasteiger partial charge in [-0.3, -0.25) is 9.59 Å². The van der Waals surface area contributed by atoms with Gasteiger partial charge < -0.3 is 45.6 Å². The number of ketones is 2. The lowest BCUT2D eigenvalue weighted by Crippen LogP contribution is -2.29. The number of ether oxygens (including phenoxy) is 1. The van der Waals surface area contributed by atoms with Gasteiger partial charge >= 0.3 is 0 Å². The monoisotopic (exact) mass is 694 g/mol. The zero-order chi connectivity index (χ0) is 36.9. The van der Waals surface area contributed by atoms with E-state index in [9.17, 15) is 50.4 Å². The molecule has 8 N–H and O–H groups in total. The standard InChI is InChI=1S/C40H38O11/c1-18(2)4-6-23-29(43)10-9-25(38(23)48)39(49)28-16-26(22-7-5-20(41)13-31(22)45)19(3)12-27(28)36-30(44)11-8-24(40(36)50)34-17-33(47)37-32(46)14-21(42)15-35(37)51-34/h4-5,7-15,26-28,34,41-46,48,50H,6,16-17H2,1-3H3. The molecule has 1 aliphatic carbocycles. The Hall–Kier alpha value is -6.10. The van der Waals surface area contributed by atoms with Gasteiger partial charge in [-0.1, -0.05) is 29.4 Å². The zero-order valence-corrected chi connectivity index (χ0v) is 28.1. The smallest absolute Gasteiger partial charge is 0.174 e. The van der Waals surface area contributed by atoms with Crippen LogP contribution in [0.25, 0.3) is 0 Å². The molecule has 1 aliphatic heterocycles. The highest BCUT2D eigenvalue weighted by molar-refractivity contribution is 6.03. The molecule has 0 fully saturated rings. The van der Waals surface area contributed by atoms with Gasteiger partial charge in [-0.05, 0) is 63.9 Å². The van der Waals surface area contributed by atoms with Crippen molar-refractivity contribution in [2.45, 2.75) is 58.0 Å². The lowest BCUT2D eigenvalue weighted by Gasteiger charge is -2.36. The van der Waals surface area contributed by atoms with Crippen LogP contribution in [-0.4, -0.2) is 52.4 Å². The molecule has 4 atom stereocenters. The number of fused-ring (bicyclic) bond motifs is 1. The van der Waals surface area contributed by atoms with E-state index in [1.807, 2.05) is 13.8 Å². The van der Waals surface area contributed by atoms with Gasteiger partial charge in [0.05, 0.1) is 12.0 Å². The van der Waals surface area contributed by atoms with Crippen molar-refractivity contribution in [2.24, 2.45) is 5.92 Å². The quantitative estimate of drug-likeness (QED) is 0.0714. The number of Topliss-reactive ketones (excluding diaryl/α,β-unsaturated/α-hetero) is 2. The van der Waals surface area contributed by atoms with E-state index in [2.05, 4.69) is 0 Å². The van der Waals surface area contributed by atoms with Crippen molar-refractivity contribution in [1.82, 2.24) is 0 Å². The van der Waals surface area contributed by atoms with E-state index < -0.39 is 52.7 Å². The second kappa shape index (κ2) is 13.3. The highest BCUT2D eigenvalue weighted by atomic mass is 16.5. The fourth-order valence-corrected chi connectivity index (χ4v) is 7.19. The molecule has 2 aliphatic rings. The van der Waals surface area contributed by atoms with E-state index in [-0.39, 0.29) is 81.6 Å². The molecule has 0 aromatic heterocycles. The molecule has 0 saturated carbocycles. The van der Waals surface area contributed by atoms with E-state index in [1.54, 1.807) is 25.1 Å². The topological polar surface area (TPSA) is 205 Å². The first kappa shape index (κ1) is 34.8. The average molecular weight is 695 g/mol. The summed E-state index contributed by atoms with van der Waals surface area (Å²) >= 11 is 0. The SMILES string of the molecule is CC(C)=CCc1c(O)ccc(C(=O)C2CC(c3ccc(O)cc3O)C(C)=CC2c2c(O)ccc(C3CC(=O)c4c(O)cc(O)cc4O3)c2O)c1O. The molecule has 0 spiro atoms. The molecule has 0 amide bonds. The van der Waals surface area contributed by atoms with Crippen molar-refractivity contribution < 1.29 is 55.2 Å². The molecule has 51 heavy (non-hydrogen) atoms. The predicted octanol–water partition coefficient (Wildman–Crippen LogP) is 7.26. The van der Waals surface area contributed by atoms with Crippen LogP contribution in [0, 0.1) is 5.92 Å². The van der Waals surface area contributed by atoms with Gasteiger partial charge in [0, 0.05) is 58.2 Å². The molecule has 0 radical (unpaired) electrons. The number of aromatic hydroxyl groups is 8. The Morgan fingerprint density at radius 1 is 0.804 bits per heavy atom. The van der Waals surface area contributed by atoms with Gasteiger partial charge in [0.15, 0.2) is 11.6 Å². The lowest BCUT2D eigenvalue weighted by atomic mass is 9.67. The highest BCUT2D eigenvalue weighted by Crippen LogP contribution is 2.53. The number of phenols is 8. The van der Waals surface area contributed by atoms with Crippen molar-refractivity contribution in [3.05, 3.63) is 111 Å². The normalized spacial score (nSPS) is 19.8. The number of carbonyl (C=O) groups is 2. The Morgan fingerprint density at radius 3 is 2.20 bits per heavy atom. The second-order valence-corrected chi connectivity index (χ2v) is 13.4. The average Bonchev–Trinajstić information content (AvgIpc) is 3.04. The van der Waals surface area contributed by atoms with Crippen LogP contribution < -0.4 is 4.74 Å². The maximum atomic E-state index is 14.6. The van der Waals surface area contributed by atoms with Gasteiger partial charge in [0.2, 0.25) is 0 Å².